The maximum atomic E-state index is 12.7. The molecule has 0 spiro atoms. The van der Waals surface area contributed by atoms with Crippen LogP contribution in [0.5, 0.6) is 5.75 Å². The van der Waals surface area contributed by atoms with Crippen LogP contribution >= 0.6 is 0 Å². The second-order valence-electron chi connectivity index (χ2n) is 10.7. The lowest BCUT2D eigenvalue weighted by Gasteiger charge is -2.26. The number of nitriles is 1. The number of ether oxygens (including phenoxy) is 1. The van der Waals surface area contributed by atoms with Gasteiger partial charge in [-0.2, -0.15) is 5.26 Å². The van der Waals surface area contributed by atoms with Crippen molar-refractivity contribution in [2.75, 3.05) is 31.1 Å². The van der Waals surface area contributed by atoms with Crippen molar-refractivity contribution in [3.63, 3.8) is 0 Å². The number of amides is 2. The minimum absolute atomic E-state index is 0.0911. The third kappa shape index (κ3) is 5.16. The zero-order chi connectivity index (χ0) is 27.0. The Labute approximate surface area is 220 Å². The summed E-state index contributed by atoms with van der Waals surface area (Å²) < 4.78 is 5.52. The number of anilines is 1. The highest BCUT2D eigenvalue weighted by Gasteiger charge is 2.43. The van der Waals surface area contributed by atoms with E-state index in [0.717, 1.165) is 18.9 Å². The number of carbonyl (C=O) groups excluding carboxylic acids is 2. The number of pyridine rings is 3. The van der Waals surface area contributed by atoms with Gasteiger partial charge in [0.25, 0.3) is 5.91 Å². The van der Waals surface area contributed by atoms with Gasteiger partial charge in [-0.05, 0) is 44.5 Å². The highest BCUT2D eigenvalue weighted by molar-refractivity contribution is 6.00. The van der Waals surface area contributed by atoms with Gasteiger partial charge in [0.05, 0.1) is 11.7 Å². The van der Waals surface area contributed by atoms with E-state index in [-0.39, 0.29) is 24.1 Å². The fraction of sp³-hybridized carbons (Fsp3) is 0.407. The predicted molar refractivity (Wildman–Crippen MR) is 138 cm³/mol. The van der Waals surface area contributed by atoms with Gasteiger partial charge in [-0.3, -0.25) is 4.79 Å². The molecular weight excluding hydrogens is 486 g/mol. The molecule has 0 radical (unpaired) electrons. The molecule has 0 unspecified atom stereocenters. The summed E-state index contributed by atoms with van der Waals surface area (Å²) in [7, 11) is 0. The van der Waals surface area contributed by atoms with Gasteiger partial charge < -0.3 is 25.0 Å². The fourth-order valence-corrected chi connectivity index (χ4v) is 4.94. The molecule has 2 aliphatic rings. The second kappa shape index (κ2) is 9.78. The number of hydrogen-bond donors (Lipinski definition) is 2. The van der Waals surface area contributed by atoms with Gasteiger partial charge in [-0.1, -0.05) is 6.07 Å². The molecule has 2 amide bonds. The van der Waals surface area contributed by atoms with E-state index in [1.165, 1.54) is 12.4 Å². The number of hydrogen-bond acceptors (Lipinski definition) is 9. The largest absolute Gasteiger partial charge is 0.505 e. The van der Waals surface area contributed by atoms with Gasteiger partial charge in [0.1, 0.15) is 23.2 Å². The standard InChI is InChI=1S/C27H29N7O4/c1-27(2,3)38-26(37)34-14-17-12-33(13-18(17)15-34)22-7-6-20-21(32-22)11-30-23(24(20)35)25(36)31-10-16-4-5-19(8-28)29-9-16/h4-7,9,11,17-18,35H,10,12-15H2,1-3H3,(H,31,36)/t17-,18+. The number of aromatic nitrogens is 3. The molecule has 3 aromatic rings. The zero-order valence-corrected chi connectivity index (χ0v) is 21.5. The molecule has 0 bridgehead atoms. The Bertz CT molecular complexity index is 1410. The first kappa shape index (κ1) is 25.2. The smallest absolute Gasteiger partial charge is 0.410 e. The Kier molecular flexibility index (Phi) is 6.48. The van der Waals surface area contributed by atoms with E-state index < -0.39 is 11.5 Å². The van der Waals surface area contributed by atoms with Crippen molar-refractivity contribution in [3.05, 3.63) is 53.6 Å². The van der Waals surface area contributed by atoms with Crippen LogP contribution in [0.25, 0.3) is 10.9 Å². The Morgan fingerprint density at radius 1 is 1.11 bits per heavy atom. The molecule has 5 heterocycles. The molecule has 2 N–H and O–H groups in total. The van der Waals surface area contributed by atoms with Crippen LogP contribution in [0.4, 0.5) is 10.6 Å². The molecule has 0 aliphatic carbocycles. The number of nitrogens with zero attached hydrogens (tertiary/aromatic N) is 6. The quantitative estimate of drug-likeness (QED) is 0.536. The lowest BCUT2D eigenvalue weighted by Crippen LogP contribution is -2.37. The van der Waals surface area contributed by atoms with Crippen molar-refractivity contribution < 1.29 is 19.4 Å². The first-order chi connectivity index (χ1) is 18.1. The highest BCUT2D eigenvalue weighted by Crippen LogP contribution is 2.35. The van der Waals surface area contributed by atoms with Crippen molar-refractivity contribution >= 4 is 28.7 Å². The highest BCUT2D eigenvalue weighted by atomic mass is 16.6. The van der Waals surface area contributed by atoms with E-state index in [1.54, 1.807) is 23.1 Å². The van der Waals surface area contributed by atoms with Crippen molar-refractivity contribution in [2.45, 2.75) is 32.9 Å². The molecule has 196 valence electrons. The van der Waals surface area contributed by atoms with E-state index >= 15 is 0 Å². The van der Waals surface area contributed by atoms with E-state index in [1.807, 2.05) is 32.9 Å². The van der Waals surface area contributed by atoms with Gasteiger partial charge in [-0.15, -0.1) is 0 Å². The lowest BCUT2D eigenvalue weighted by molar-refractivity contribution is 0.0282. The number of nitrogens with one attached hydrogen (secondary N) is 1. The summed E-state index contributed by atoms with van der Waals surface area (Å²) in [5.41, 5.74) is 0.888. The lowest BCUT2D eigenvalue weighted by atomic mass is 10.0. The summed E-state index contributed by atoms with van der Waals surface area (Å²) in [6.45, 7) is 8.63. The summed E-state index contributed by atoms with van der Waals surface area (Å²) in [4.78, 5) is 41.9. The van der Waals surface area contributed by atoms with Crippen LogP contribution in [0.15, 0.2) is 36.7 Å². The molecule has 2 aliphatic heterocycles. The summed E-state index contributed by atoms with van der Waals surface area (Å²) in [6.07, 6.45) is 2.73. The van der Waals surface area contributed by atoms with Crippen molar-refractivity contribution in [1.29, 1.82) is 5.26 Å². The van der Waals surface area contributed by atoms with Crippen molar-refractivity contribution in [1.82, 2.24) is 25.2 Å². The number of carbonyl (C=O) groups is 2. The second-order valence-corrected chi connectivity index (χ2v) is 10.7. The average molecular weight is 516 g/mol. The number of rotatable bonds is 4. The minimum Gasteiger partial charge on any atom is -0.505 e. The van der Waals surface area contributed by atoms with E-state index in [2.05, 4.69) is 20.2 Å². The Morgan fingerprint density at radius 3 is 2.47 bits per heavy atom. The van der Waals surface area contributed by atoms with Crippen molar-refractivity contribution in [3.8, 4) is 11.8 Å². The van der Waals surface area contributed by atoms with Crippen molar-refractivity contribution in [2.24, 2.45) is 11.8 Å². The molecule has 2 fully saturated rings. The summed E-state index contributed by atoms with van der Waals surface area (Å²) in [5, 5.41) is 22.7. The third-order valence-corrected chi connectivity index (χ3v) is 6.77. The molecule has 11 heteroatoms. The van der Waals surface area contributed by atoms with E-state index in [4.69, 9.17) is 15.0 Å². The van der Waals surface area contributed by atoms with Crippen LogP contribution in [0, 0.1) is 23.2 Å². The molecule has 0 aromatic carbocycles. The number of likely N-dealkylation sites (tertiary alicyclic amines) is 1. The summed E-state index contributed by atoms with van der Waals surface area (Å²) in [6, 6.07) is 8.80. The molecule has 2 atom stereocenters. The fourth-order valence-electron chi connectivity index (χ4n) is 4.94. The monoisotopic (exact) mass is 515 g/mol. The Hall–Kier alpha value is -4.46. The molecule has 3 aromatic heterocycles. The molecule has 5 rings (SSSR count). The van der Waals surface area contributed by atoms with Crippen LogP contribution in [0.1, 0.15) is 42.5 Å². The molecule has 11 nitrogen and oxygen atoms in total. The van der Waals surface area contributed by atoms with Gasteiger partial charge >= 0.3 is 6.09 Å². The first-order valence-electron chi connectivity index (χ1n) is 12.5. The summed E-state index contributed by atoms with van der Waals surface area (Å²) in [5.74, 6) is 0.679. The van der Waals surface area contributed by atoms with E-state index in [0.29, 0.717) is 47.1 Å². The Morgan fingerprint density at radius 2 is 1.84 bits per heavy atom. The maximum Gasteiger partial charge on any atom is 0.410 e. The van der Waals surface area contributed by atoms with Gasteiger partial charge in [0.2, 0.25) is 0 Å². The van der Waals surface area contributed by atoms with E-state index in [9.17, 15) is 14.7 Å². The van der Waals surface area contributed by atoms with Crippen LogP contribution in [0.3, 0.4) is 0 Å². The number of aromatic hydroxyl groups is 1. The van der Waals surface area contributed by atoms with Crippen LogP contribution < -0.4 is 10.2 Å². The molecule has 0 saturated carbocycles. The van der Waals surface area contributed by atoms with Gasteiger partial charge in [0, 0.05) is 56.1 Å². The molecule has 38 heavy (non-hydrogen) atoms. The zero-order valence-electron chi connectivity index (χ0n) is 21.5. The third-order valence-electron chi connectivity index (χ3n) is 6.77. The average Bonchev–Trinajstić information content (AvgIpc) is 3.47. The number of fused-ring (bicyclic) bond motifs is 2. The van der Waals surface area contributed by atoms with Gasteiger partial charge in [-0.25, -0.2) is 19.7 Å². The topological polar surface area (TPSA) is 145 Å². The minimum atomic E-state index is -0.528. The summed E-state index contributed by atoms with van der Waals surface area (Å²) >= 11 is 0. The van der Waals surface area contributed by atoms with Gasteiger partial charge in [0.15, 0.2) is 11.4 Å². The molecule has 2 saturated heterocycles. The maximum absolute atomic E-state index is 12.7. The SMILES string of the molecule is CC(C)(C)OC(=O)N1C[C@@H]2CN(c3ccc4c(O)c(C(=O)NCc5ccc(C#N)nc5)ncc4n3)C[C@@H]2C1. The van der Waals surface area contributed by atoms with Crippen LogP contribution in [-0.2, 0) is 11.3 Å². The molecular formula is C27H29N7O4. The Balaban J connectivity index is 1.23. The predicted octanol–water partition coefficient (Wildman–Crippen LogP) is 2.84. The first-order valence-corrected chi connectivity index (χ1v) is 12.5. The van der Waals surface area contributed by atoms with Crippen LogP contribution in [0.2, 0.25) is 0 Å². The van der Waals surface area contributed by atoms with Crippen LogP contribution in [-0.4, -0.2) is 68.7 Å². The normalized spacial score (nSPS) is 18.8.